The van der Waals surface area contributed by atoms with Crippen molar-refractivity contribution in [2.24, 2.45) is 0 Å². The van der Waals surface area contributed by atoms with Gasteiger partial charge >= 0.3 is 37.7 Å². The van der Waals surface area contributed by atoms with E-state index >= 15 is 0 Å². The summed E-state index contributed by atoms with van der Waals surface area (Å²) in [5.41, 5.74) is 0. The topological polar surface area (TPSA) is 63.2 Å². The third-order valence-corrected chi connectivity index (χ3v) is 0. The molecule has 0 fully saturated rings. The van der Waals surface area contributed by atoms with Crippen LogP contribution < -0.4 is 47.9 Å². The van der Waals surface area contributed by atoms with Gasteiger partial charge in [-0.3, -0.25) is 0 Å². The molecule has 0 aromatic rings. The van der Waals surface area contributed by atoms with Gasteiger partial charge in [-0.05, 0) is 6.16 Å². The average Bonchev–Trinajstić information content (AvgIpc) is 0.811. The fraction of sp³-hybridized carbons (Fsp3) is 0. The molecule has 0 atom stereocenters. The molecule has 7 heavy (non-hydrogen) atoms. The molecule has 3 nitrogen and oxygen atoms in total. The van der Waals surface area contributed by atoms with Crippen LogP contribution in [0.3, 0.4) is 0 Å². The molecule has 6 heteroatoms. The van der Waals surface area contributed by atoms with Crippen LogP contribution in [0.15, 0.2) is 0 Å². The predicted molar refractivity (Wildman–Crippen MR) is 5.40 cm³/mol. The first-order valence-corrected chi connectivity index (χ1v) is 0.612. The molecule has 27 valence electrons. The number of carbonyl (C=O) groups is 1. The van der Waals surface area contributed by atoms with Crippen molar-refractivity contribution in [3.05, 3.63) is 0 Å². The van der Waals surface area contributed by atoms with Crippen LogP contribution in [0.1, 0.15) is 0 Å². The summed E-state index contributed by atoms with van der Waals surface area (Å²) in [7, 11) is 0. The minimum absolute atomic E-state index is 0. The number of hydrogen-bond donors (Lipinski definition) is 0. The molecule has 0 unspecified atom stereocenters. The quantitative estimate of drug-likeness (QED) is 0.333. The second-order valence-corrected chi connectivity index (χ2v) is 0.250. The molecule has 0 aromatic heterocycles. The maximum atomic E-state index is 8.33. The molecule has 0 spiro atoms. The Hall–Kier alpha value is 1.57. The van der Waals surface area contributed by atoms with Crippen LogP contribution in [0.2, 0.25) is 0 Å². The second kappa shape index (κ2) is 15.6. The fourth-order valence-corrected chi connectivity index (χ4v) is 0. The Kier molecular flexibility index (Phi) is 52.6. The summed E-state index contributed by atoms with van der Waals surface area (Å²) in [5.74, 6) is 0. The summed E-state index contributed by atoms with van der Waals surface area (Å²) >= 11 is 0. The number of carboxylic acid groups (broad SMARTS) is 2. The Labute approximate surface area is 90.5 Å². The number of hydrogen-bond acceptors (Lipinski definition) is 3. The van der Waals surface area contributed by atoms with Crippen LogP contribution >= 0.6 is 0 Å². The van der Waals surface area contributed by atoms with Gasteiger partial charge in [0.2, 0.25) is 0 Å². The molecule has 0 heterocycles. The van der Waals surface area contributed by atoms with Crippen LogP contribution in [-0.2, 0) is 32.7 Å². The molecule has 0 amide bonds. The van der Waals surface area contributed by atoms with E-state index in [0.29, 0.717) is 0 Å². The van der Waals surface area contributed by atoms with Gasteiger partial charge in [0.25, 0.3) is 0 Å². The minimum atomic E-state index is -2.33. The monoisotopic (exact) mass is 163 g/mol. The van der Waals surface area contributed by atoms with Crippen LogP contribution in [-0.4, -0.2) is 6.16 Å². The van der Waals surface area contributed by atoms with Gasteiger partial charge in [0.1, 0.15) is 0 Å². The van der Waals surface area contributed by atoms with Crippen molar-refractivity contribution >= 4 is 6.16 Å². The van der Waals surface area contributed by atoms with Crippen molar-refractivity contribution in [3.8, 4) is 0 Å². The van der Waals surface area contributed by atoms with Gasteiger partial charge in [-0.15, -0.1) is 0 Å². The van der Waals surface area contributed by atoms with E-state index in [2.05, 4.69) is 0 Å². The SMILES string of the molecule is O=C([O-])[O-].[Li+].[Li+].[Y]. The van der Waals surface area contributed by atoms with E-state index < -0.39 is 6.16 Å². The van der Waals surface area contributed by atoms with Gasteiger partial charge < -0.3 is 15.0 Å². The predicted octanol–water partition coefficient (Wildman–Crippen LogP) is -8.44. The maximum absolute atomic E-state index is 8.33. The third-order valence-electron chi connectivity index (χ3n) is 0. The van der Waals surface area contributed by atoms with Crippen LogP contribution in [0, 0.1) is 0 Å². The Bertz CT molecular complexity index is 35.9. The normalized spacial score (nSPS) is 3.43. The molecule has 0 aliphatic rings. The van der Waals surface area contributed by atoms with E-state index in [4.69, 9.17) is 15.0 Å². The molecule has 0 saturated carbocycles. The zero-order valence-electron chi connectivity index (χ0n) is 4.30. The standard InChI is InChI=1S/CH2O3.2Li.Y/c2-1(3)4;;;/h(H2,2,3,4);;;/q;2*+1;/p-2. The van der Waals surface area contributed by atoms with Crippen molar-refractivity contribution in [1.29, 1.82) is 0 Å². The Balaban J connectivity index is -0.0000000150. The zero-order valence-corrected chi connectivity index (χ0v) is 7.14. The number of rotatable bonds is 0. The van der Waals surface area contributed by atoms with E-state index in [1.807, 2.05) is 0 Å². The molecule has 0 aromatic carbocycles. The second-order valence-electron chi connectivity index (χ2n) is 0.250. The van der Waals surface area contributed by atoms with Crippen molar-refractivity contribution in [2.45, 2.75) is 0 Å². The summed E-state index contributed by atoms with van der Waals surface area (Å²) in [5, 5.41) is 16.7. The van der Waals surface area contributed by atoms with E-state index in [1.165, 1.54) is 0 Å². The van der Waals surface area contributed by atoms with Gasteiger partial charge in [0.05, 0.1) is 0 Å². The molecule has 0 rings (SSSR count). The van der Waals surface area contributed by atoms with Crippen LogP contribution in [0.25, 0.3) is 0 Å². The summed E-state index contributed by atoms with van der Waals surface area (Å²) < 4.78 is 0. The first-order valence-electron chi connectivity index (χ1n) is 0.612. The van der Waals surface area contributed by atoms with Crippen LogP contribution in [0.5, 0.6) is 0 Å². The first kappa shape index (κ1) is 23.5. The average molecular weight is 163 g/mol. The zero-order chi connectivity index (χ0) is 3.58. The smallest absolute Gasteiger partial charge is 0.652 e. The van der Waals surface area contributed by atoms with Crippen molar-refractivity contribution < 1.29 is 85.4 Å². The molecule has 0 bridgehead atoms. The third kappa shape index (κ3) is 95.4. The van der Waals surface area contributed by atoms with Crippen molar-refractivity contribution in [2.75, 3.05) is 0 Å². The first-order chi connectivity index (χ1) is 1.73. The summed E-state index contributed by atoms with van der Waals surface area (Å²) in [6.07, 6.45) is -2.33. The van der Waals surface area contributed by atoms with Gasteiger partial charge in [0.15, 0.2) is 0 Å². The van der Waals surface area contributed by atoms with Crippen LogP contribution in [0.4, 0.5) is 4.79 Å². The van der Waals surface area contributed by atoms with E-state index in [9.17, 15) is 0 Å². The number of carbonyl (C=O) groups excluding carboxylic acids is 1. The summed E-state index contributed by atoms with van der Waals surface area (Å²) in [6, 6.07) is 0. The van der Waals surface area contributed by atoms with E-state index in [-0.39, 0.29) is 70.4 Å². The van der Waals surface area contributed by atoms with E-state index in [0.717, 1.165) is 0 Å². The van der Waals surface area contributed by atoms with E-state index in [1.54, 1.807) is 0 Å². The molecule has 1 radical (unpaired) electrons. The molecular formula is CLi2O3Y. The Morgan fingerprint density at radius 1 is 1.14 bits per heavy atom. The Morgan fingerprint density at radius 2 is 1.14 bits per heavy atom. The van der Waals surface area contributed by atoms with Gasteiger partial charge in [-0.2, -0.15) is 0 Å². The van der Waals surface area contributed by atoms with Gasteiger partial charge in [0, 0.05) is 32.7 Å². The fourth-order valence-electron chi connectivity index (χ4n) is 0. The summed E-state index contributed by atoms with van der Waals surface area (Å²) in [6.45, 7) is 0. The molecular weight excluding hydrogens is 163 g/mol. The minimum Gasteiger partial charge on any atom is -0.652 e. The largest absolute Gasteiger partial charge is 1.00 e. The Morgan fingerprint density at radius 3 is 1.14 bits per heavy atom. The van der Waals surface area contributed by atoms with Crippen molar-refractivity contribution in [3.63, 3.8) is 0 Å². The molecule has 0 aliphatic heterocycles. The van der Waals surface area contributed by atoms with Gasteiger partial charge in [-0.25, -0.2) is 0 Å². The molecule has 0 saturated heterocycles. The van der Waals surface area contributed by atoms with Gasteiger partial charge in [-0.1, -0.05) is 0 Å². The summed E-state index contributed by atoms with van der Waals surface area (Å²) in [4.78, 5) is 8.33. The molecule has 0 aliphatic carbocycles. The van der Waals surface area contributed by atoms with Crippen molar-refractivity contribution in [1.82, 2.24) is 0 Å². The molecule has 0 N–H and O–H groups in total. The maximum Gasteiger partial charge on any atom is 1.00 e.